The van der Waals surface area contributed by atoms with Crippen LogP contribution >= 0.6 is 0 Å². The van der Waals surface area contributed by atoms with E-state index in [1.165, 1.54) is 21.6 Å². The first-order valence-corrected chi connectivity index (χ1v) is 10.1. The molecule has 3 amide bonds. The minimum absolute atomic E-state index is 0.0786. The highest BCUT2D eigenvalue weighted by atomic mass is 16.2. The number of imide groups is 1. The monoisotopic (exact) mass is 377 g/mol. The first kappa shape index (κ1) is 18.7. The van der Waals surface area contributed by atoms with Crippen molar-refractivity contribution in [3.05, 3.63) is 71.3 Å². The van der Waals surface area contributed by atoms with Gasteiger partial charge in [-0.1, -0.05) is 61.5 Å². The predicted molar refractivity (Wildman–Crippen MR) is 109 cm³/mol. The van der Waals surface area contributed by atoms with E-state index in [1.807, 2.05) is 30.3 Å². The van der Waals surface area contributed by atoms with Crippen molar-refractivity contribution in [3.63, 3.8) is 0 Å². The van der Waals surface area contributed by atoms with Crippen molar-refractivity contribution >= 4 is 11.9 Å². The quantitative estimate of drug-likeness (QED) is 0.788. The number of hydrogen-bond acceptors (Lipinski definition) is 3. The number of urea groups is 1. The Kier molecular flexibility index (Phi) is 5.18. The summed E-state index contributed by atoms with van der Waals surface area (Å²) < 4.78 is 0. The Labute approximate surface area is 166 Å². The Morgan fingerprint density at radius 2 is 1.75 bits per heavy atom. The summed E-state index contributed by atoms with van der Waals surface area (Å²) in [5.41, 5.74) is 2.94. The molecule has 1 spiro atoms. The second kappa shape index (κ2) is 7.76. The SMILES string of the molecule is CCN(CCc1ccccc1)CN1C(=O)NC2(CCc3ccccc3C2)C1=O. The maximum Gasteiger partial charge on any atom is 0.326 e. The third-order valence-electron chi connectivity index (χ3n) is 6.03. The van der Waals surface area contributed by atoms with Crippen LogP contribution in [0.5, 0.6) is 0 Å². The van der Waals surface area contributed by atoms with Crippen LogP contribution in [-0.2, 0) is 24.1 Å². The minimum atomic E-state index is -0.774. The molecule has 2 aliphatic rings. The van der Waals surface area contributed by atoms with E-state index >= 15 is 0 Å². The average Bonchev–Trinajstić information content (AvgIpc) is 2.95. The average molecular weight is 377 g/mol. The maximum atomic E-state index is 13.2. The molecule has 4 rings (SSSR count). The van der Waals surface area contributed by atoms with E-state index in [-0.39, 0.29) is 11.9 Å². The highest BCUT2D eigenvalue weighted by Gasteiger charge is 2.52. The van der Waals surface area contributed by atoms with Gasteiger partial charge in [0.25, 0.3) is 5.91 Å². The molecule has 1 aliphatic carbocycles. The molecule has 1 aliphatic heterocycles. The van der Waals surface area contributed by atoms with Gasteiger partial charge in [0, 0.05) is 13.0 Å². The van der Waals surface area contributed by atoms with Crippen LogP contribution < -0.4 is 5.32 Å². The number of amides is 3. The van der Waals surface area contributed by atoms with Crippen LogP contribution in [-0.4, -0.2) is 47.0 Å². The number of carbonyl (C=O) groups excluding carboxylic acids is 2. The Balaban J connectivity index is 1.44. The smallest absolute Gasteiger partial charge is 0.323 e. The van der Waals surface area contributed by atoms with Crippen LogP contribution in [0.1, 0.15) is 30.0 Å². The highest BCUT2D eigenvalue weighted by molar-refractivity contribution is 6.07. The van der Waals surface area contributed by atoms with E-state index in [4.69, 9.17) is 0 Å². The summed E-state index contributed by atoms with van der Waals surface area (Å²) >= 11 is 0. The van der Waals surface area contributed by atoms with E-state index in [2.05, 4.69) is 41.4 Å². The summed E-state index contributed by atoms with van der Waals surface area (Å²) in [6.07, 6.45) is 2.97. The normalized spacial score (nSPS) is 21.3. The van der Waals surface area contributed by atoms with Gasteiger partial charge in [0.1, 0.15) is 5.54 Å². The predicted octanol–water partition coefficient (Wildman–Crippen LogP) is 2.99. The molecule has 1 atom stereocenters. The third kappa shape index (κ3) is 3.54. The number of nitrogens with zero attached hydrogens (tertiary/aromatic N) is 2. The molecule has 2 aromatic rings. The van der Waals surface area contributed by atoms with Gasteiger partial charge >= 0.3 is 6.03 Å². The molecule has 1 fully saturated rings. The zero-order valence-electron chi connectivity index (χ0n) is 16.4. The standard InChI is InChI=1S/C23H27N3O2/c1-2-25(15-13-18-8-4-3-5-9-18)17-26-21(27)23(24-22(26)28)14-12-19-10-6-7-11-20(19)16-23/h3-11H,2,12-17H2,1H3,(H,24,28). The Bertz CT molecular complexity index is 867. The molecule has 0 bridgehead atoms. The van der Waals surface area contributed by atoms with Crippen molar-refractivity contribution in [1.82, 2.24) is 15.1 Å². The fourth-order valence-electron chi connectivity index (χ4n) is 4.29. The third-order valence-corrected chi connectivity index (χ3v) is 6.03. The summed E-state index contributed by atoms with van der Waals surface area (Å²) in [7, 11) is 0. The van der Waals surface area contributed by atoms with Crippen LogP contribution in [0, 0.1) is 0 Å². The number of nitrogens with one attached hydrogen (secondary N) is 1. The fourth-order valence-corrected chi connectivity index (χ4v) is 4.29. The Morgan fingerprint density at radius 1 is 1.04 bits per heavy atom. The summed E-state index contributed by atoms with van der Waals surface area (Å²) in [5, 5.41) is 3.02. The molecule has 1 N–H and O–H groups in total. The van der Waals surface area contributed by atoms with Crippen molar-refractivity contribution < 1.29 is 9.59 Å². The topological polar surface area (TPSA) is 52.6 Å². The summed E-state index contributed by atoms with van der Waals surface area (Å²) in [4.78, 5) is 29.5. The van der Waals surface area contributed by atoms with E-state index in [0.717, 1.165) is 25.9 Å². The van der Waals surface area contributed by atoms with Gasteiger partial charge < -0.3 is 5.32 Å². The molecule has 1 saturated heterocycles. The molecule has 5 heteroatoms. The molecule has 0 saturated carbocycles. The van der Waals surface area contributed by atoms with Crippen LogP contribution in [0.4, 0.5) is 4.79 Å². The molecule has 0 radical (unpaired) electrons. The second-order valence-corrected chi connectivity index (χ2v) is 7.78. The molecule has 146 valence electrons. The lowest BCUT2D eigenvalue weighted by atomic mass is 9.78. The molecular weight excluding hydrogens is 350 g/mol. The van der Waals surface area contributed by atoms with Gasteiger partial charge in [-0.3, -0.25) is 9.69 Å². The molecular formula is C23H27N3O2. The van der Waals surface area contributed by atoms with Gasteiger partial charge in [-0.15, -0.1) is 0 Å². The van der Waals surface area contributed by atoms with E-state index in [0.29, 0.717) is 19.5 Å². The minimum Gasteiger partial charge on any atom is -0.323 e. The summed E-state index contributed by atoms with van der Waals surface area (Å²) in [6, 6.07) is 18.2. The highest BCUT2D eigenvalue weighted by Crippen LogP contribution is 2.33. The molecule has 0 aromatic heterocycles. The summed E-state index contributed by atoms with van der Waals surface area (Å²) in [5.74, 6) is -0.0786. The second-order valence-electron chi connectivity index (χ2n) is 7.78. The van der Waals surface area contributed by atoms with Gasteiger partial charge in [-0.2, -0.15) is 0 Å². The van der Waals surface area contributed by atoms with Crippen LogP contribution in [0.25, 0.3) is 0 Å². The van der Waals surface area contributed by atoms with Gasteiger partial charge in [0.15, 0.2) is 0 Å². The largest absolute Gasteiger partial charge is 0.326 e. The Hall–Kier alpha value is -2.66. The number of hydrogen-bond donors (Lipinski definition) is 1. The molecule has 2 aromatic carbocycles. The number of aryl methyl sites for hydroxylation is 1. The zero-order chi connectivity index (χ0) is 19.6. The van der Waals surface area contributed by atoms with Crippen molar-refractivity contribution in [2.24, 2.45) is 0 Å². The zero-order valence-corrected chi connectivity index (χ0v) is 16.4. The maximum absolute atomic E-state index is 13.2. The van der Waals surface area contributed by atoms with Crippen LogP contribution in [0.3, 0.4) is 0 Å². The number of likely N-dealkylation sites (N-methyl/N-ethyl adjacent to an activating group) is 1. The number of rotatable bonds is 6. The van der Waals surface area contributed by atoms with E-state index < -0.39 is 5.54 Å². The van der Waals surface area contributed by atoms with E-state index in [9.17, 15) is 9.59 Å². The van der Waals surface area contributed by atoms with Gasteiger partial charge in [-0.25, -0.2) is 9.69 Å². The lowest BCUT2D eigenvalue weighted by Crippen LogP contribution is -2.51. The number of fused-ring (bicyclic) bond motifs is 1. The molecule has 28 heavy (non-hydrogen) atoms. The van der Waals surface area contributed by atoms with Gasteiger partial charge in [0.2, 0.25) is 0 Å². The summed E-state index contributed by atoms with van der Waals surface area (Å²) in [6.45, 7) is 4.01. The van der Waals surface area contributed by atoms with E-state index in [1.54, 1.807) is 0 Å². The Morgan fingerprint density at radius 3 is 2.50 bits per heavy atom. The van der Waals surface area contributed by atoms with Crippen molar-refractivity contribution in [1.29, 1.82) is 0 Å². The van der Waals surface area contributed by atoms with Crippen molar-refractivity contribution in [3.8, 4) is 0 Å². The van der Waals surface area contributed by atoms with Gasteiger partial charge in [-0.05, 0) is 42.5 Å². The number of benzene rings is 2. The van der Waals surface area contributed by atoms with Crippen molar-refractivity contribution in [2.75, 3.05) is 19.8 Å². The molecule has 1 unspecified atom stereocenters. The van der Waals surface area contributed by atoms with Crippen LogP contribution in [0.2, 0.25) is 0 Å². The molecule has 1 heterocycles. The number of carbonyl (C=O) groups is 2. The van der Waals surface area contributed by atoms with Gasteiger partial charge in [0.05, 0.1) is 6.67 Å². The molecule has 5 nitrogen and oxygen atoms in total. The lowest BCUT2D eigenvalue weighted by Gasteiger charge is -2.32. The van der Waals surface area contributed by atoms with Crippen LogP contribution in [0.15, 0.2) is 54.6 Å². The first-order chi connectivity index (χ1) is 13.6. The van der Waals surface area contributed by atoms with Crippen molar-refractivity contribution in [2.45, 2.75) is 38.1 Å². The fraction of sp³-hybridized carbons (Fsp3) is 0.391. The lowest BCUT2D eigenvalue weighted by molar-refractivity contribution is -0.133. The first-order valence-electron chi connectivity index (χ1n) is 10.1.